The minimum Gasteiger partial charge on any atom is -0.494 e. The topological polar surface area (TPSA) is 104 Å². The number of thioether (sulfide) groups is 1. The molecular formula is C17H16N4O2S. The van der Waals surface area contributed by atoms with Gasteiger partial charge in [0.15, 0.2) is 5.41 Å². The fraction of sp³-hybridized carbons (Fsp3) is 0.471. The van der Waals surface area contributed by atoms with Crippen LogP contribution in [0, 0.1) is 33.5 Å². The highest BCUT2D eigenvalue weighted by Gasteiger charge is 2.93. The number of hydrogen-bond donors (Lipinski definition) is 1. The van der Waals surface area contributed by atoms with Gasteiger partial charge in [-0.15, -0.1) is 0 Å². The zero-order valence-electron chi connectivity index (χ0n) is 13.2. The molecule has 2 heterocycles. The van der Waals surface area contributed by atoms with E-state index in [4.69, 9.17) is 15.2 Å². The smallest absolute Gasteiger partial charge is 0.230 e. The molecule has 1 saturated heterocycles. The zero-order chi connectivity index (χ0) is 17.0. The molecule has 2 aliphatic heterocycles. The Morgan fingerprint density at radius 3 is 2.83 bits per heavy atom. The predicted molar refractivity (Wildman–Crippen MR) is 89.2 cm³/mol. The molecule has 6 nitrogen and oxygen atoms in total. The van der Waals surface area contributed by atoms with Gasteiger partial charge in [0, 0.05) is 17.2 Å². The minimum atomic E-state index is -1.16. The molecule has 0 bridgehead atoms. The summed E-state index contributed by atoms with van der Waals surface area (Å²) in [5.41, 5.74) is 4.71. The first-order chi connectivity index (χ1) is 11.6. The van der Waals surface area contributed by atoms with Crippen LogP contribution in [0.3, 0.4) is 0 Å². The maximum absolute atomic E-state index is 10.1. The van der Waals surface area contributed by atoms with Gasteiger partial charge in [0.2, 0.25) is 5.06 Å². The number of rotatable bonds is 3. The van der Waals surface area contributed by atoms with E-state index in [0.29, 0.717) is 19.0 Å². The number of aliphatic imine (C=N–C) groups is 1. The van der Waals surface area contributed by atoms with E-state index in [0.717, 1.165) is 11.3 Å². The van der Waals surface area contributed by atoms with Crippen LogP contribution in [0.2, 0.25) is 0 Å². The third-order valence-corrected chi connectivity index (χ3v) is 6.43. The highest BCUT2D eigenvalue weighted by Crippen LogP contribution is 2.84. The van der Waals surface area contributed by atoms with E-state index in [1.807, 2.05) is 31.2 Å². The molecule has 1 aromatic carbocycles. The molecule has 1 spiro atoms. The number of benzene rings is 1. The molecule has 3 aliphatic rings. The summed E-state index contributed by atoms with van der Waals surface area (Å²) in [5, 5.41) is 19.0. The highest BCUT2D eigenvalue weighted by molar-refractivity contribution is 8.00. The maximum Gasteiger partial charge on any atom is 0.230 e. The maximum atomic E-state index is 10.1. The highest BCUT2D eigenvalue weighted by atomic mass is 32.2. The van der Waals surface area contributed by atoms with Crippen molar-refractivity contribution < 1.29 is 9.47 Å². The molecule has 1 aliphatic carbocycles. The van der Waals surface area contributed by atoms with Crippen LogP contribution in [-0.4, -0.2) is 29.9 Å². The number of amidine groups is 1. The standard InChI is InChI=1S/C17H16N4O2S/c1-2-22-12-6-4-3-5-11(12)13-15(9-18)14(20)21-17(16(13,15)10-19)23-7-8-24-17/h3-6,13H,2,7-8H2,1H3,(H2,20,21)/t13-,15-,16-,17-/m1/s1. The number of nitriles is 2. The molecule has 1 aromatic rings. The summed E-state index contributed by atoms with van der Waals surface area (Å²) in [6.07, 6.45) is 0. The van der Waals surface area contributed by atoms with E-state index in [9.17, 15) is 10.5 Å². The van der Waals surface area contributed by atoms with Crippen LogP contribution in [0.15, 0.2) is 29.3 Å². The Kier molecular flexibility index (Phi) is 3.12. The first kappa shape index (κ1) is 15.3. The molecule has 122 valence electrons. The second kappa shape index (κ2) is 4.89. The summed E-state index contributed by atoms with van der Waals surface area (Å²) in [4.78, 5) is 4.44. The molecule has 0 amide bonds. The summed E-state index contributed by atoms with van der Waals surface area (Å²) in [6.45, 7) is 2.90. The lowest BCUT2D eigenvalue weighted by molar-refractivity contribution is 0.0200. The van der Waals surface area contributed by atoms with Crippen LogP contribution in [0.5, 0.6) is 5.75 Å². The Labute approximate surface area is 144 Å². The second-order valence-corrected chi connectivity index (χ2v) is 7.27. The third-order valence-electron chi connectivity index (χ3n) is 5.14. The lowest BCUT2D eigenvalue weighted by atomic mass is 9.95. The van der Waals surface area contributed by atoms with Crippen molar-refractivity contribution in [3.63, 3.8) is 0 Å². The molecule has 0 unspecified atom stereocenters. The van der Waals surface area contributed by atoms with Gasteiger partial charge in [-0.3, -0.25) is 0 Å². The van der Waals surface area contributed by atoms with Crippen LogP contribution in [0.25, 0.3) is 0 Å². The van der Waals surface area contributed by atoms with E-state index in [2.05, 4.69) is 17.1 Å². The van der Waals surface area contributed by atoms with Gasteiger partial charge in [-0.1, -0.05) is 30.0 Å². The lowest BCUT2D eigenvalue weighted by Gasteiger charge is -2.26. The largest absolute Gasteiger partial charge is 0.494 e. The van der Waals surface area contributed by atoms with Crippen molar-refractivity contribution in [3.05, 3.63) is 29.8 Å². The number of nitrogens with zero attached hydrogens (tertiary/aromatic N) is 3. The molecule has 2 fully saturated rings. The number of hydrogen-bond acceptors (Lipinski definition) is 7. The molecule has 24 heavy (non-hydrogen) atoms. The van der Waals surface area contributed by atoms with Gasteiger partial charge in [0.1, 0.15) is 17.0 Å². The number of para-hydroxylation sites is 1. The van der Waals surface area contributed by atoms with E-state index in [1.54, 1.807) is 0 Å². The van der Waals surface area contributed by atoms with Gasteiger partial charge in [-0.2, -0.15) is 10.5 Å². The Morgan fingerprint density at radius 2 is 2.21 bits per heavy atom. The van der Waals surface area contributed by atoms with Crippen molar-refractivity contribution in [2.24, 2.45) is 21.6 Å². The van der Waals surface area contributed by atoms with Crippen LogP contribution in [0.1, 0.15) is 18.4 Å². The fourth-order valence-electron chi connectivity index (χ4n) is 4.19. The van der Waals surface area contributed by atoms with Crippen molar-refractivity contribution in [2.75, 3.05) is 19.0 Å². The first-order valence-electron chi connectivity index (χ1n) is 7.81. The first-order valence-corrected chi connectivity index (χ1v) is 8.80. The second-order valence-electron chi connectivity index (χ2n) is 6.02. The predicted octanol–water partition coefficient (Wildman–Crippen LogP) is 1.99. The summed E-state index contributed by atoms with van der Waals surface area (Å²) < 4.78 is 11.6. The van der Waals surface area contributed by atoms with Gasteiger partial charge in [0.25, 0.3) is 0 Å². The van der Waals surface area contributed by atoms with Crippen molar-refractivity contribution in [1.82, 2.24) is 0 Å². The van der Waals surface area contributed by atoms with Gasteiger partial charge in [-0.25, -0.2) is 4.99 Å². The van der Waals surface area contributed by atoms with Gasteiger partial charge in [-0.05, 0) is 13.0 Å². The number of ether oxygens (including phenoxy) is 2. The molecule has 0 radical (unpaired) electrons. The molecule has 4 rings (SSSR count). The average Bonchev–Trinajstić information content (AvgIpc) is 2.83. The summed E-state index contributed by atoms with van der Waals surface area (Å²) in [6, 6.07) is 12.2. The molecular weight excluding hydrogens is 324 g/mol. The fourth-order valence-corrected chi connectivity index (χ4v) is 5.52. The normalized spacial score (nSPS) is 39.0. The van der Waals surface area contributed by atoms with E-state index in [-0.39, 0.29) is 5.84 Å². The van der Waals surface area contributed by atoms with Gasteiger partial charge in [0.05, 0.1) is 25.4 Å². The number of nitrogens with two attached hydrogens (primary N) is 1. The molecule has 2 N–H and O–H groups in total. The van der Waals surface area contributed by atoms with Crippen LogP contribution >= 0.6 is 11.8 Å². The summed E-state index contributed by atoms with van der Waals surface area (Å²) >= 11 is 1.46. The van der Waals surface area contributed by atoms with Crippen molar-refractivity contribution in [2.45, 2.75) is 17.9 Å². The van der Waals surface area contributed by atoms with Crippen LogP contribution in [-0.2, 0) is 4.74 Å². The van der Waals surface area contributed by atoms with Crippen molar-refractivity contribution in [3.8, 4) is 17.9 Å². The van der Waals surface area contributed by atoms with Gasteiger partial charge < -0.3 is 15.2 Å². The van der Waals surface area contributed by atoms with E-state index >= 15 is 0 Å². The number of fused-ring (bicyclic) bond motifs is 2. The SMILES string of the molecule is CCOc1ccccc1[C@H]1[C@@]2(C#N)[C@@]3(N=C(N)[C@@]12C#N)OCCS3. The average molecular weight is 340 g/mol. The summed E-state index contributed by atoms with van der Waals surface area (Å²) in [5.74, 6) is 1.18. The molecule has 1 saturated carbocycles. The van der Waals surface area contributed by atoms with Crippen molar-refractivity contribution >= 4 is 17.6 Å². The zero-order valence-corrected chi connectivity index (χ0v) is 14.0. The minimum absolute atomic E-state index is 0.192. The quantitative estimate of drug-likeness (QED) is 0.902. The van der Waals surface area contributed by atoms with Crippen LogP contribution in [0.4, 0.5) is 0 Å². The molecule has 7 heteroatoms. The Balaban J connectivity index is 1.92. The Hall–Kier alpha value is -2.22. The van der Waals surface area contributed by atoms with Crippen LogP contribution < -0.4 is 10.5 Å². The van der Waals surface area contributed by atoms with E-state index in [1.165, 1.54) is 11.8 Å². The Morgan fingerprint density at radius 1 is 1.42 bits per heavy atom. The Bertz CT molecular complexity index is 821. The molecule has 4 atom stereocenters. The van der Waals surface area contributed by atoms with Gasteiger partial charge >= 0.3 is 0 Å². The van der Waals surface area contributed by atoms with Crippen molar-refractivity contribution in [1.29, 1.82) is 10.5 Å². The summed E-state index contributed by atoms with van der Waals surface area (Å²) in [7, 11) is 0. The monoisotopic (exact) mass is 340 g/mol. The molecule has 0 aromatic heterocycles. The van der Waals surface area contributed by atoms with E-state index < -0.39 is 21.8 Å². The third kappa shape index (κ3) is 1.43. The lowest BCUT2D eigenvalue weighted by Crippen LogP contribution is -2.34.